The molecule has 2 aromatic heterocycles. The van der Waals surface area contributed by atoms with E-state index in [4.69, 9.17) is 11.6 Å². The zero-order valence-corrected chi connectivity index (χ0v) is 11.8. The van der Waals surface area contributed by atoms with Gasteiger partial charge in [-0.05, 0) is 38.1 Å². The highest BCUT2D eigenvalue weighted by Crippen LogP contribution is 2.27. The van der Waals surface area contributed by atoms with Crippen LogP contribution >= 0.6 is 22.9 Å². The molecule has 2 N–H and O–H groups in total. The summed E-state index contributed by atoms with van der Waals surface area (Å²) in [4.78, 5) is 5.48. The minimum Gasteiger partial charge on any atom is -0.506 e. The maximum absolute atomic E-state index is 9.70. The van der Waals surface area contributed by atoms with Gasteiger partial charge < -0.3 is 10.4 Å². The Morgan fingerprint density at radius 3 is 2.83 bits per heavy atom. The summed E-state index contributed by atoms with van der Waals surface area (Å²) >= 11 is 7.46. The highest BCUT2D eigenvalue weighted by molar-refractivity contribution is 7.16. The van der Waals surface area contributed by atoms with Gasteiger partial charge in [-0.2, -0.15) is 0 Å². The number of aryl methyl sites for hydroxylation is 1. The summed E-state index contributed by atoms with van der Waals surface area (Å²) in [6, 6.07) is 7.55. The Kier molecular flexibility index (Phi) is 4.22. The zero-order valence-electron chi connectivity index (χ0n) is 10.3. The third-order valence-corrected chi connectivity index (χ3v) is 4.10. The van der Waals surface area contributed by atoms with Gasteiger partial charge >= 0.3 is 0 Å². The summed E-state index contributed by atoms with van der Waals surface area (Å²) in [5.41, 5.74) is 1.57. The quantitative estimate of drug-likeness (QED) is 0.899. The molecule has 1 unspecified atom stereocenters. The molecule has 5 heteroatoms. The first-order valence-corrected chi connectivity index (χ1v) is 6.90. The highest BCUT2D eigenvalue weighted by atomic mass is 35.5. The summed E-state index contributed by atoms with van der Waals surface area (Å²) in [5.74, 6) is 0.226. The fraction of sp³-hybridized carbons (Fsp3) is 0.308. The molecular formula is C13H15ClN2OS. The average molecular weight is 283 g/mol. The molecule has 0 amide bonds. The number of nitrogens with one attached hydrogen (secondary N) is 1. The van der Waals surface area contributed by atoms with Gasteiger partial charge in [-0.3, -0.25) is 4.98 Å². The topological polar surface area (TPSA) is 45.1 Å². The molecule has 2 heterocycles. The second-order valence-electron chi connectivity index (χ2n) is 4.16. The van der Waals surface area contributed by atoms with Gasteiger partial charge in [0.15, 0.2) is 0 Å². The lowest BCUT2D eigenvalue weighted by atomic mass is 10.2. The van der Waals surface area contributed by atoms with E-state index in [0.717, 1.165) is 10.0 Å². The van der Waals surface area contributed by atoms with Gasteiger partial charge in [-0.25, -0.2) is 0 Å². The van der Waals surface area contributed by atoms with E-state index in [0.29, 0.717) is 12.2 Å². The summed E-state index contributed by atoms with van der Waals surface area (Å²) in [7, 11) is 0. The second-order valence-corrected chi connectivity index (χ2v) is 5.91. The number of halogens is 1. The predicted octanol–water partition coefficient (Wildman–Crippen LogP) is 3.66. The van der Waals surface area contributed by atoms with Crippen molar-refractivity contribution in [3.8, 4) is 5.75 Å². The average Bonchev–Trinajstić information content (AvgIpc) is 2.77. The van der Waals surface area contributed by atoms with E-state index in [-0.39, 0.29) is 11.8 Å². The first-order chi connectivity index (χ1) is 8.56. The fourth-order valence-electron chi connectivity index (χ4n) is 1.64. The van der Waals surface area contributed by atoms with E-state index in [2.05, 4.69) is 17.2 Å². The highest BCUT2D eigenvalue weighted by Gasteiger charge is 2.09. The number of aromatic hydroxyl groups is 1. The van der Waals surface area contributed by atoms with Crippen LogP contribution in [0.1, 0.15) is 29.2 Å². The molecular weight excluding hydrogens is 268 g/mol. The summed E-state index contributed by atoms with van der Waals surface area (Å²) in [5, 5.41) is 13.0. The molecule has 0 radical (unpaired) electrons. The smallest absolute Gasteiger partial charge is 0.138 e. The van der Waals surface area contributed by atoms with Crippen molar-refractivity contribution in [2.75, 3.05) is 0 Å². The Balaban J connectivity index is 2.01. The third kappa shape index (κ3) is 3.22. The van der Waals surface area contributed by atoms with Crippen LogP contribution in [-0.4, -0.2) is 10.1 Å². The lowest BCUT2D eigenvalue weighted by molar-refractivity contribution is 0.454. The molecule has 1 atom stereocenters. The van der Waals surface area contributed by atoms with Gasteiger partial charge in [0.2, 0.25) is 0 Å². The van der Waals surface area contributed by atoms with Crippen molar-refractivity contribution in [3.63, 3.8) is 0 Å². The van der Waals surface area contributed by atoms with E-state index >= 15 is 0 Å². The number of aromatic nitrogens is 1. The standard InChI is InChI=1S/C13H15ClN2OS/c1-8-3-4-11(17)10(16-8)7-15-9(2)12-5-6-13(14)18-12/h3-6,9,15,17H,7H2,1-2H3. The molecule has 0 saturated heterocycles. The largest absolute Gasteiger partial charge is 0.506 e. The molecule has 3 nitrogen and oxygen atoms in total. The SMILES string of the molecule is Cc1ccc(O)c(CNC(C)c2ccc(Cl)s2)n1. The van der Waals surface area contributed by atoms with Crippen molar-refractivity contribution >= 4 is 22.9 Å². The monoisotopic (exact) mass is 282 g/mol. The summed E-state index contributed by atoms with van der Waals surface area (Å²) in [6.07, 6.45) is 0. The van der Waals surface area contributed by atoms with Crippen LogP contribution in [0.3, 0.4) is 0 Å². The van der Waals surface area contributed by atoms with Gasteiger partial charge in [-0.1, -0.05) is 11.6 Å². The van der Waals surface area contributed by atoms with Crippen molar-refractivity contribution in [1.82, 2.24) is 10.3 Å². The zero-order chi connectivity index (χ0) is 13.1. The van der Waals surface area contributed by atoms with Crippen LogP contribution in [0.4, 0.5) is 0 Å². The molecule has 0 aliphatic carbocycles. The van der Waals surface area contributed by atoms with E-state index in [1.807, 2.05) is 19.1 Å². The van der Waals surface area contributed by atoms with Crippen LogP contribution in [0.15, 0.2) is 24.3 Å². The molecule has 0 bridgehead atoms. The van der Waals surface area contributed by atoms with Gasteiger partial charge in [0.25, 0.3) is 0 Å². The molecule has 2 rings (SSSR count). The van der Waals surface area contributed by atoms with E-state index in [9.17, 15) is 5.11 Å². The predicted molar refractivity (Wildman–Crippen MR) is 75.2 cm³/mol. The fourth-order valence-corrected chi connectivity index (χ4v) is 2.73. The van der Waals surface area contributed by atoms with Crippen LogP contribution in [-0.2, 0) is 6.54 Å². The number of pyridine rings is 1. The second kappa shape index (κ2) is 5.69. The summed E-state index contributed by atoms with van der Waals surface area (Å²) in [6.45, 7) is 4.50. The molecule has 0 saturated carbocycles. The van der Waals surface area contributed by atoms with Gasteiger partial charge in [0.05, 0.1) is 10.0 Å². The number of hydrogen-bond donors (Lipinski definition) is 2. The molecule has 2 aromatic rings. The summed E-state index contributed by atoms with van der Waals surface area (Å²) < 4.78 is 0.787. The van der Waals surface area contributed by atoms with Crippen molar-refractivity contribution in [3.05, 3.63) is 44.9 Å². The van der Waals surface area contributed by atoms with Crippen LogP contribution in [0.5, 0.6) is 5.75 Å². The minimum atomic E-state index is 0.184. The maximum atomic E-state index is 9.70. The Labute approximate surface area is 115 Å². The van der Waals surface area contributed by atoms with Crippen LogP contribution in [0, 0.1) is 6.92 Å². The van der Waals surface area contributed by atoms with Crippen LogP contribution in [0.2, 0.25) is 4.34 Å². The van der Waals surface area contributed by atoms with Crippen LogP contribution in [0.25, 0.3) is 0 Å². The Bertz CT molecular complexity index is 542. The van der Waals surface area contributed by atoms with Gasteiger partial charge in [-0.15, -0.1) is 11.3 Å². The molecule has 0 aliphatic heterocycles. The molecule has 0 spiro atoms. The van der Waals surface area contributed by atoms with Crippen molar-refractivity contribution < 1.29 is 5.11 Å². The molecule has 0 fully saturated rings. The number of nitrogens with zero attached hydrogens (tertiary/aromatic N) is 1. The molecule has 96 valence electrons. The number of hydrogen-bond acceptors (Lipinski definition) is 4. The molecule has 0 aromatic carbocycles. The lowest BCUT2D eigenvalue weighted by Gasteiger charge is -2.12. The van der Waals surface area contributed by atoms with Gasteiger partial charge in [0.1, 0.15) is 5.75 Å². The Morgan fingerprint density at radius 2 is 2.17 bits per heavy atom. The Morgan fingerprint density at radius 1 is 1.39 bits per heavy atom. The van der Waals surface area contributed by atoms with Gasteiger partial charge in [0, 0.05) is 23.2 Å². The first-order valence-electron chi connectivity index (χ1n) is 5.70. The van der Waals surface area contributed by atoms with E-state index in [1.165, 1.54) is 4.88 Å². The normalized spacial score (nSPS) is 12.6. The maximum Gasteiger partial charge on any atom is 0.138 e. The van der Waals surface area contributed by atoms with Crippen molar-refractivity contribution in [2.45, 2.75) is 26.4 Å². The van der Waals surface area contributed by atoms with E-state index in [1.54, 1.807) is 23.5 Å². The van der Waals surface area contributed by atoms with E-state index < -0.39 is 0 Å². The lowest BCUT2D eigenvalue weighted by Crippen LogP contribution is -2.18. The van der Waals surface area contributed by atoms with Crippen molar-refractivity contribution in [1.29, 1.82) is 0 Å². The first kappa shape index (κ1) is 13.3. The third-order valence-electron chi connectivity index (χ3n) is 2.69. The van der Waals surface area contributed by atoms with Crippen LogP contribution < -0.4 is 5.32 Å². The Hall–Kier alpha value is -1.10. The number of thiophene rings is 1. The van der Waals surface area contributed by atoms with Crippen molar-refractivity contribution in [2.24, 2.45) is 0 Å². The molecule has 0 aliphatic rings. The minimum absolute atomic E-state index is 0.184. The molecule has 18 heavy (non-hydrogen) atoms. The number of rotatable bonds is 4.